The number of esters is 1. The summed E-state index contributed by atoms with van der Waals surface area (Å²) >= 11 is 5.89. The topological polar surface area (TPSA) is 87.2 Å². The molecule has 0 spiro atoms. The summed E-state index contributed by atoms with van der Waals surface area (Å²) in [5.41, 5.74) is 1.76. The molecule has 8 heteroatoms. The smallest absolute Gasteiger partial charge is 0.363 e. The van der Waals surface area contributed by atoms with Gasteiger partial charge in [0.05, 0.1) is 16.9 Å². The second-order valence-electron chi connectivity index (χ2n) is 5.77. The van der Waals surface area contributed by atoms with Gasteiger partial charge in [-0.25, -0.2) is 9.48 Å². The lowest BCUT2D eigenvalue weighted by Crippen LogP contribution is -2.24. The fourth-order valence-corrected chi connectivity index (χ4v) is 2.57. The zero-order valence-electron chi connectivity index (χ0n) is 14.4. The Morgan fingerprint density at radius 2 is 1.92 bits per heavy atom. The first kappa shape index (κ1) is 17.9. The molecule has 0 radical (unpaired) electrons. The van der Waals surface area contributed by atoms with Crippen LogP contribution in [0.1, 0.15) is 33.2 Å². The standard InChI is InChI=1S/C18H16ClN3O4/c1-10-8-16(23)17(20-22(10)14-6-4-13(19)5-7-14)18(24)25-9-15-11(2)21-26-12(15)3/h4-8H,9H2,1-3H3. The lowest BCUT2D eigenvalue weighted by atomic mass is 10.2. The largest absolute Gasteiger partial charge is 0.456 e. The fourth-order valence-electron chi connectivity index (χ4n) is 2.45. The Hall–Kier alpha value is -2.93. The normalized spacial score (nSPS) is 10.8. The minimum atomic E-state index is -0.808. The van der Waals surface area contributed by atoms with Crippen molar-refractivity contribution in [1.29, 1.82) is 0 Å². The van der Waals surface area contributed by atoms with Crippen molar-refractivity contribution in [3.05, 3.63) is 74.0 Å². The van der Waals surface area contributed by atoms with Crippen LogP contribution in [-0.4, -0.2) is 20.9 Å². The van der Waals surface area contributed by atoms with Gasteiger partial charge >= 0.3 is 5.97 Å². The Kier molecular flexibility index (Phi) is 4.90. The van der Waals surface area contributed by atoms with E-state index in [0.717, 1.165) is 0 Å². The molecule has 0 bridgehead atoms. The third kappa shape index (κ3) is 3.52. The van der Waals surface area contributed by atoms with E-state index in [4.69, 9.17) is 20.9 Å². The third-order valence-corrected chi connectivity index (χ3v) is 4.15. The molecule has 0 N–H and O–H groups in total. The van der Waals surface area contributed by atoms with Crippen LogP contribution in [0.25, 0.3) is 5.69 Å². The first-order valence-corrected chi connectivity index (χ1v) is 8.20. The first-order valence-electron chi connectivity index (χ1n) is 7.82. The van der Waals surface area contributed by atoms with Gasteiger partial charge in [0.15, 0.2) is 0 Å². The Labute approximate surface area is 154 Å². The van der Waals surface area contributed by atoms with Crippen LogP contribution >= 0.6 is 11.6 Å². The van der Waals surface area contributed by atoms with Crippen molar-refractivity contribution >= 4 is 17.6 Å². The maximum absolute atomic E-state index is 12.4. The van der Waals surface area contributed by atoms with Gasteiger partial charge in [0.1, 0.15) is 12.4 Å². The first-order chi connectivity index (χ1) is 12.4. The monoisotopic (exact) mass is 373 g/mol. The van der Waals surface area contributed by atoms with Crippen molar-refractivity contribution in [2.45, 2.75) is 27.4 Å². The van der Waals surface area contributed by atoms with Crippen LogP contribution in [0.4, 0.5) is 0 Å². The molecule has 7 nitrogen and oxygen atoms in total. The number of rotatable bonds is 4. The van der Waals surface area contributed by atoms with Crippen LogP contribution in [-0.2, 0) is 11.3 Å². The summed E-state index contributed by atoms with van der Waals surface area (Å²) in [4.78, 5) is 24.5. The SMILES string of the molecule is Cc1noc(C)c1COC(=O)c1nn(-c2ccc(Cl)cc2)c(C)cc1=O. The van der Waals surface area contributed by atoms with Gasteiger partial charge in [-0.15, -0.1) is 0 Å². The van der Waals surface area contributed by atoms with Crippen LogP contribution in [0.2, 0.25) is 5.02 Å². The average molecular weight is 374 g/mol. The lowest BCUT2D eigenvalue weighted by molar-refractivity contribution is 0.0460. The second-order valence-corrected chi connectivity index (χ2v) is 6.20. The number of aromatic nitrogens is 3. The van der Waals surface area contributed by atoms with Gasteiger partial charge in [0.2, 0.25) is 11.1 Å². The highest BCUT2D eigenvalue weighted by molar-refractivity contribution is 6.30. The van der Waals surface area contributed by atoms with E-state index in [1.54, 1.807) is 45.0 Å². The highest BCUT2D eigenvalue weighted by Gasteiger charge is 2.19. The van der Waals surface area contributed by atoms with Gasteiger partial charge in [0, 0.05) is 16.8 Å². The molecule has 2 aromatic heterocycles. The van der Waals surface area contributed by atoms with Gasteiger partial charge in [-0.3, -0.25) is 4.79 Å². The molecule has 26 heavy (non-hydrogen) atoms. The van der Waals surface area contributed by atoms with E-state index < -0.39 is 11.4 Å². The van der Waals surface area contributed by atoms with Crippen molar-refractivity contribution < 1.29 is 14.1 Å². The van der Waals surface area contributed by atoms with E-state index in [1.165, 1.54) is 10.7 Å². The maximum Gasteiger partial charge on any atom is 0.363 e. The molecule has 0 aliphatic heterocycles. The van der Waals surface area contributed by atoms with E-state index in [-0.39, 0.29) is 12.3 Å². The number of aryl methyl sites for hydroxylation is 3. The molecule has 0 aliphatic carbocycles. The highest BCUT2D eigenvalue weighted by atomic mass is 35.5. The third-order valence-electron chi connectivity index (χ3n) is 3.90. The molecule has 0 fully saturated rings. The average Bonchev–Trinajstić information content (AvgIpc) is 2.92. The highest BCUT2D eigenvalue weighted by Crippen LogP contribution is 2.15. The van der Waals surface area contributed by atoms with Gasteiger partial charge in [-0.05, 0) is 45.0 Å². The summed E-state index contributed by atoms with van der Waals surface area (Å²) in [6, 6.07) is 8.23. The van der Waals surface area contributed by atoms with Crippen molar-refractivity contribution in [3.63, 3.8) is 0 Å². The predicted molar refractivity (Wildman–Crippen MR) is 94.7 cm³/mol. The van der Waals surface area contributed by atoms with Crippen molar-refractivity contribution in [2.24, 2.45) is 0 Å². The van der Waals surface area contributed by atoms with Crippen LogP contribution in [0.15, 0.2) is 39.6 Å². The molecule has 3 rings (SSSR count). The molecule has 134 valence electrons. The molecule has 0 aliphatic rings. The quantitative estimate of drug-likeness (QED) is 0.653. The molecular formula is C18H16ClN3O4. The lowest BCUT2D eigenvalue weighted by Gasteiger charge is -2.11. The van der Waals surface area contributed by atoms with E-state index in [1.807, 2.05) is 0 Å². The molecule has 0 saturated carbocycles. The number of halogens is 1. The van der Waals surface area contributed by atoms with E-state index in [2.05, 4.69) is 10.3 Å². The van der Waals surface area contributed by atoms with Crippen LogP contribution in [0.5, 0.6) is 0 Å². The number of carbonyl (C=O) groups is 1. The minimum Gasteiger partial charge on any atom is -0.456 e. The molecule has 1 aromatic carbocycles. The molecule has 0 amide bonds. The van der Waals surface area contributed by atoms with E-state index in [9.17, 15) is 9.59 Å². The summed E-state index contributed by atoms with van der Waals surface area (Å²) < 4.78 is 11.7. The van der Waals surface area contributed by atoms with Crippen LogP contribution < -0.4 is 5.43 Å². The Morgan fingerprint density at radius 3 is 2.54 bits per heavy atom. The van der Waals surface area contributed by atoms with Crippen molar-refractivity contribution in [1.82, 2.24) is 14.9 Å². The molecule has 0 unspecified atom stereocenters. The zero-order chi connectivity index (χ0) is 18.8. The van der Waals surface area contributed by atoms with Crippen LogP contribution in [0.3, 0.4) is 0 Å². The molecule has 3 aromatic rings. The van der Waals surface area contributed by atoms with E-state index in [0.29, 0.717) is 33.4 Å². The van der Waals surface area contributed by atoms with Gasteiger partial charge in [-0.2, -0.15) is 5.10 Å². The summed E-state index contributed by atoms with van der Waals surface area (Å²) in [7, 11) is 0. The number of nitrogens with zero attached hydrogens (tertiary/aromatic N) is 3. The number of benzene rings is 1. The summed E-state index contributed by atoms with van der Waals surface area (Å²) in [6.07, 6.45) is 0. The molecule has 0 atom stereocenters. The molecule has 2 heterocycles. The zero-order valence-corrected chi connectivity index (χ0v) is 15.2. The second kappa shape index (κ2) is 7.13. The Balaban J connectivity index is 1.89. The number of ether oxygens (including phenoxy) is 1. The number of carbonyl (C=O) groups excluding carboxylic acids is 1. The predicted octanol–water partition coefficient (Wildman–Crippen LogP) is 3.16. The summed E-state index contributed by atoms with van der Waals surface area (Å²) in [6.45, 7) is 5.15. The van der Waals surface area contributed by atoms with Gasteiger partial charge in [0.25, 0.3) is 0 Å². The minimum absolute atomic E-state index is 0.0457. The fraction of sp³-hybridized carbons (Fsp3) is 0.222. The van der Waals surface area contributed by atoms with Gasteiger partial charge in [-0.1, -0.05) is 16.8 Å². The summed E-state index contributed by atoms with van der Waals surface area (Å²) in [5.74, 6) is -0.247. The number of hydrogen-bond acceptors (Lipinski definition) is 6. The maximum atomic E-state index is 12.4. The van der Waals surface area contributed by atoms with E-state index >= 15 is 0 Å². The molecular weight excluding hydrogens is 358 g/mol. The van der Waals surface area contributed by atoms with Crippen molar-refractivity contribution in [3.8, 4) is 5.69 Å². The molecule has 0 saturated heterocycles. The van der Waals surface area contributed by atoms with Gasteiger partial charge < -0.3 is 9.26 Å². The van der Waals surface area contributed by atoms with Crippen molar-refractivity contribution in [2.75, 3.05) is 0 Å². The summed E-state index contributed by atoms with van der Waals surface area (Å²) in [5, 5.41) is 8.54. The Bertz CT molecular complexity index is 1000. The number of hydrogen-bond donors (Lipinski definition) is 0. The Morgan fingerprint density at radius 1 is 1.23 bits per heavy atom. The van der Waals surface area contributed by atoms with Crippen LogP contribution in [0, 0.1) is 20.8 Å².